The lowest BCUT2D eigenvalue weighted by atomic mass is 10.1. The number of hydrogen-bond donors (Lipinski definition) is 1. The molecule has 0 radical (unpaired) electrons. The molecule has 5 rings (SSSR count). The van der Waals surface area contributed by atoms with E-state index in [-0.39, 0.29) is 18.9 Å². The summed E-state index contributed by atoms with van der Waals surface area (Å²) in [5, 5.41) is 9.18. The number of hydrogen-bond acceptors (Lipinski definition) is 6. The van der Waals surface area contributed by atoms with Crippen molar-refractivity contribution in [3.8, 4) is 11.3 Å². The predicted octanol–water partition coefficient (Wildman–Crippen LogP) is 2.34. The van der Waals surface area contributed by atoms with Crippen LogP contribution in [0, 0.1) is 0 Å². The number of aryl methyl sites for hydroxylation is 2. The largest absolute Gasteiger partial charge is 0.356 e. The molecule has 5 aromatic rings. The Hall–Kier alpha value is -4.47. The smallest absolute Gasteiger partial charge is 0.332 e. The van der Waals surface area contributed by atoms with Crippen molar-refractivity contribution in [1.29, 1.82) is 0 Å². The summed E-state index contributed by atoms with van der Waals surface area (Å²) in [4.78, 5) is 41.1. The van der Waals surface area contributed by atoms with E-state index in [2.05, 4.69) is 21.5 Å². The normalized spacial score (nSPS) is 11.4. The molecule has 35 heavy (non-hydrogen) atoms. The number of carbonyl (C=O) groups excluding carboxylic acids is 1. The summed E-state index contributed by atoms with van der Waals surface area (Å²) >= 11 is 0. The molecule has 0 saturated carbocycles. The van der Waals surface area contributed by atoms with Gasteiger partial charge in [0, 0.05) is 38.7 Å². The van der Waals surface area contributed by atoms with E-state index in [1.165, 1.54) is 17.9 Å². The van der Waals surface area contributed by atoms with Crippen LogP contribution in [0.4, 0.5) is 0 Å². The molecule has 0 unspecified atom stereocenters. The van der Waals surface area contributed by atoms with Crippen LogP contribution in [0.2, 0.25) is 0 Å². The number of rotatable bonds is 7. The topological polar surface area (TPSA) is 117 Å². The zero-order valence-electron chi connectivity index (χ0n) is 19.4. The number of carbonyl (C=O) groups is 1. The lowest BCUT2D eigenvalue weighted by Crippen LogP contribution is -2.37. The van der Waals surface area contributed by atoms with Crippen LogP contribution >= 0.6 is 0 Å². The van der Waals surface area contributed by atoms with Crippen molar-refractivity contribution in [3.63, 3.8) is 0 Å². The van der Waals surface area contributed by atoms with Crippen LogP contribution in [0.3, 0.4) is 0 Å². The number of nitrogens with one attached hydrogen (secondary N) is 1. The molecule has 0 fully saturated rings. The van der Waals surface area contributed by atoms with Gasteiger partial charge in [0.1, 0.15) is 5.69 Å². The molecule has 0 spiro atoms. The Morgan fingerprint density at radius 3 is 2.66 bits per heavy atom. The van der Waals surface area contributed by atoms with Crippen LogP contribution in [-0.2, 0) is 32.0 Å². The standard InChI is InChI=1S/C25H24N6O4/c1-29-23-22(24(33)30(2)25(29)34)31(15-27-23)11-5-8-21(32)26-14-19-13-20(35-28-19)18-10-9-16-6-3-4-7-17(16)12-18/h3-4,6-7,9-10,12-13,15H,5,8,11,14H2,1-2H3,(H,26,32). The van der Waals surface area contributed by atoms with E-state index in [1.807, 2.05) is 42.5 Å². The molecule has 3 heterocycles. The summed E-state index contributed by atoms with van der Waals surface area (Å²) in [7, 11) is 3.01. The van der Waals surface area contributed by atoms with Gasteiger partial charge in [-0.05, 0) is 23.3 Å². The average molecular weight is 473 g/mol. The highest BCUT2D eigenvalue weighted by molar-refractivity contribution is 5.86. The number of fused-ring (bicyclic) bond motifs is 2. The first-order chi connectivity index (χ1) is 16.9. The lowest BCUT2D eigenvalue weighted by molar-refractivity contribution is -0.121. The van der Waals surface area contributed by atoms with Gasteiger partial charge in [0.05, 0.1) is 12.9 Å². The number of aromatic nitrogens is 5. The number of benzene rings is 2. The minimum atomic E-state index is -0.427. The van der Waals surface area contributed by atoms with E-state index in [9.17, 15) is 14.4 Å². The van der Waals surface area contributed by atoms with Crippen LogP contribution in [0.25, 0.3) is 33.3 Å². The lowest BCUT2D eigenvalue weighted by Gasteiger charge is -2.07. The first-order valence-corrected chi connectivity index (χ1v) is 11.2. The molecule has 0 aliphatic heterocycles. The Morgan fingerprint density at radius 1 is 1.03 bits per heavy atom. The number of nitrogens with zero attached hydrogens (tertiary/aromatic N) is 5. The summed E-state index contributed by atoms with van der Waals surface area (Å²) in [6.07, 6.45) is 2.29. The molecule has 0 atom stereocenters. The molecule has 3 aromatic heterocycles. The van der Waals surface area contributed by atoms with Crippen molar-refractivity contribution in [1.82, 2.24) is 29.2 Å². The molecule has 0 bridgehead atoms. The predicted molar refractivity (Wildman–Crippen MR) is 131 cm³/mol. The maximum absolute atomic E-state index is 12.5. The van der Waals surface area contributed by atoms with Gasteiger partial charge in [0.15, 0.2) is 16.9 Å². The Bertz CT molecular complexity index is 1670. The van der Waals surface area contributed by atoms with Gasteiger partial charge in [0.25, 0.3) is 5.56 Å². The molecule has 10 heteroatoms. The zero-order chi connectivity index (χ0) is 24.5. The Balaban J connectivity index is 1.17. The van der Waals surface area contributed by atoms with Crippen molar-refractivity contribution < 1.29 is 9.32 Å². The van der Waals surface area contributed by atoms with E-state index in [4.69, 9.17) is 4.52 Å². The van der Waals surface area contributed by atoms with E-state index < -0.39 is 11.2 Å². The first kappa shape index (κ1) is 22.3. The van der Waals surface area contributed by atoms with Crippen molar-refractivity contribution in [3.05, 3.63) is 81.4 Å². The monoisotopic (exact) mass is 472 g/mol. The average Bonchev–Trinajstić information content (AvgIpc) is 3.52. The summed E-state index contributed by atoms with van der Waals surface area (Å²) in [5.41, 5.74) is 1.40. The zero-order valence-corrected chi connectivity index (χ0v) is 19.4. The highest BCUT2D eigenvalue weighted by Crippen LogP contribution is 2.25. The maximum atomic E-state index is 12.5. The van der Waals surface area contributed by atoms with Gasteiger partial charge in [-0.2, -0.15) is 0 Å². The highest BCUT2D eigenvalue weighted by atomic mass is 16.5. The molecule has 178 valence electrons. The van der Waals surface area contributed by atoms with E-state index in [0.717, 1.165) is 20.9 Å². The third-order valence-electron chi connectivity index (χ3n) is 6.08. The van der Waals surface area contributed by atoms with E-state index in [0.29, 0.717) is 35.6 Å². The van der Waals surface area contributed by atoms with Crippen LogP contribution in [0.1, 0.15) is 18.5 Å². The molecule has 10 nitrogen and oxygen atoms in total. The third-order valence-corrected chi connectivity index (χ3v) is 6.08. The molecule has 0 saturated heterocycles. The summed E-state index contributed by atoms with van der Waals surface area (Å²) < 4.78 is 9.54. The Morgan fingerprint density at radius 2 is 1.83 bits per heavy atom. The van der Waals surface area contributed by atoms with E-state index >= 15 is 0 Å². The highest BCUT2D eigenvalue weighted by Gasteiger charge is 2.14. The van der Waals surface area contributed by atoms with Gasteiger partial charge in [0.2, 0.25) is 5.91 Å². The molecule has 2 aromatic carbocycles. The molecule has 1 amide bonds. The second-order valence-corrected chi connectivity index (χ2v) is 8.44. The minimum Gasteiger partial charge on any atom is -0.356 e. The fourth-order valence-corrected chi connectivity index (χ4v) is 4.13. The van der Waals surface area contributed by atoms with Crippen LogP contribution < -0.4 is 16.6 Å². The Kier molecular flexibility index (Phi) is 5.77. The van der Waals surface area contributed by atoms with Crippen LogP contribution in [0.15, 0.2) is 69.0 Å². The van der Waals surface area contributed by atoms with Crippen LogP contribution in [0.5, 0.6) is 0 Å². The van der Waals surface area contributed by atoms with Gasteiger partial charge >= 0.3 is 5.69 Å². The molecular weight excluding hydrogens is 448 g/mol. The van der Waals surface area contributed by atoms with Gasteiger partial charge in [-0.15, -0.1) is 0 Å². The second kappa shape index (κ2) is 9.05. The second-order valence-electron chi connectivity index (χ2n) is 8.44. The quantitative estimate of drug-likeness (QED) is 0.389. The molecular formula is C25H24N6O4. The summed E-state index contributed by atoms with van der Waals surface area (Å²) in [6, 6.07) is 16.0. The number of amides is 1. The van der Waals surface area contributed by atoms with Gasteiger partial charge in [-0.3, -0.25) is 18.7 Å². The molecule has 0 aliphatic carbocycles. The van der Waals surface area contributed by atoms with Gasteiger partial charge in [-0.1, -0.05) is 41.6 Å². The van der Waals surface area contributed by atoms with Gasteiger partial charge in [-0.25, -0.2) is 9.78 Å². The van der Waals surface area contributed by atoms with Crippen molar-refractivity contribution in [2.24, 2.45) is 14.1 Å². The molecule has 1 N–H and O–H groups in total. The number of imidazole rings is 1. The first-order valence-electron chi connectivity index (χ1n) is 11.2. The summed E-state index contributed by atoms with van der Waals surface area (Å²) in [5.74, 6) is 0.507. The van der Waals surface area contributed by atoms with Gasteiger partial charge < -0.3 is 14.4 Å². The Labute approximate surface area is 199 Å². The van der Waals surface area contributed by atoms with E-state index in [1.54, 1.807) is 11.6 Å². The minimum absolute atomic E-state index is 0.134. The fourth-order valence-electron chi connectivity index (χ4n) is 4.13. The summed E-state index contributed by atoms with van der Waals surface area (Å²) in [6.45, 7) is 0.681. The van der Waals surface area contributed by atoms with Crippen molar-refractivity contribution in [2.75, 3.05) is 0 Å². The fraction of sp³-hybridized carbons (Fsp3) is 0.240. The van der Waals surface area contributed by atoms with Crippen molar-refractivity contribution in [2.45, 2.75) is 25.9 Å². The maximum Gasteiger partial charge on any atom is 0.332 e. The molecule has 0 aliphatic rings. The third kappa shape index (κ3) is 4.25. The van der Waals surface area contributed by atoms with Crippen LogP contribution in [-0.4, -0.2) is 29.7 Å². The SMILES string of the molecule is Cn1c(=O)c2c(ncn2CCCC(=O)NCc2cc(-c3ccc4ccccc4c3)on2)n(C)c1=O. The van der Waals surface area contributed by atoms with Crippen molar-refractivity contribution >= 4 is 27.8 Å².